The van der Waals surface area contributed by atoms with Gasteiger partial charge in [0.1, 0.15) is 0 Å². The van der Waals surface area contributed by atoms with Gasteiger partial charge < -0.3 is 14.8 Å². The molecule has 1 saturated heterocycles. The van der Waals surface area contributed by atoms with Gasteiger partial charge in [0, 0.05) is 44.1 Å². The molecular weight excluding hydrogens is 312 g/mol. The molecule has 1 aliphatic carbocycles. The van der Waals surface area contributed by atoms with Gasteiger partial charge in [-0.05, 0) is 43.7 Å². The van der Waals surface area contributed by atoms with Gasteiger partial charge in [-0.1, -0.05) is 24.3 Å². The quantitative estimate of drug-likeness (QED) is 0.931. The number of piperidine rings is 1. The molecule has 0 amide bonds. The minimum atomic E-state index is 0.0288. The topological polar surface area (TPSA) is 50.2 Å². The lowest BCUT2D eigenvalue weighted by molar-refractivity contribution is 0.367. The normalized spacial score (nSPS) is 20.7. The second kappa shape index (κ2) is 7.00. The van der Waals surface area contributed by atoms with Crippen molar-refractivity contribution in [3.8, 4) is 0 Å². The van der Waals surface area contributed by atoms with Crippen LogP contribution in [0.2, 0.25) is 0 Å². The molecule has 2 aromatic rings. The maximum absolute atomic E-state index is 12.4. The molecule has 0 radical (unpaired) electrons. The van der Waals surface area contributed by atoms with Crippen molar-refractivity contribution < 1.29 is 0 Å². The van der Waals surface area contributed by atoms with Crippen molar-refractivity contribution in [3.63, 3.8) is 0 Å². The van der Waals surface area contributed by atoms with Gasteiger partial charge in [-0.15, -0.1) is 0 Å². The highest BCUT2D eigenvalue weighted by Gasteiger charge is 2.27. The molecule has 5 nitrogen and oxygen atoms in total. The Morgan fingerprint density at radius 1 is 1.20 bits per heavy atom. The predicted molar refractivity (Wildman–Crippen MR) is 100 cm³/mol. The van der Waals surface area contributed by atoms with E-state index in [1.54, 1.807) is 17.0 Å². The van der Waals surface area contributed by atoms with E-state index in [9.17, 15) is 4.79 Å². The average Bonchev–Trinajstić information content (AvgIpc) is 3.06. The number of fused-ring (bicyclic) bond motifs is 1. The Morgan fingerprint density at radius 3 is 2.80 bits per heavy atom. The Hall–Kier alpha value is -2.14. The third kappa shape index (κ3) is 3.21. The number of anilines is 1. The minimum Gasteiger partial charge on any atom is -0.352 e. The van der Waals surface area contributed by atoms with Crippen molar-refractivity contribution in [3.05, 3.63) is 58.1 Å². The Labute approximate surface area is 148 Å². The molecule has 0 unspecified atom stereocenters. The van der Waals surface area contributed by atoms with Crippen LogP contribution in [0.3, 0.4) is 0 Å². The number of hydrogen-bond acceptors (Lipinski definition) is 4. The van der Waals surface area contributed by atoms with Crippen LogP contribution in [0.5, 0.6) is 0 Å². The molecule has 1 fully saturated rings. The van der Waals surface area contributed by atoms with Crippen molar-refractivity contribution in [2.45, 2.75) is 51.2 Å². The number of benzene rings is 1. The highest BCUT2D eigenvalue weighted by Crippen LogP contribution is 2.32. The van der Waals surface area contributed by atoms with E-state index < -0.39 is 0 Å². The van der Waals surface area contributed by atoms with Gasteiger partial charge >= 0.3 is 0 Å². The lowest BCUT2D eigenvalue weighted by Crippen LogP contribution is -2.45. The maximum Gasteiger partial charge on any atom is 0.293 e. The van der Waals surface area contributed by atoms with Gasteiger partial charge in [0.25, 0.3) is 5.56 Å². The first-order valence-corrected chi connectivity index (χ1v) is 9.40. The smallest absolute Gasteiger partial charge is 0.293 e. The van der Waals surface area contributed by atoms with E-state index in [2.05, 4.69) is 39.5 Å². The zero-order valence-corrected chi connectivity index (χ0v) is 14.8. The van der Waals surface area contributed by atoms with E-state index in [0.29, 0.717) is 24.4 Å². The van der Waals surface area contributed by atoms with Crippen LogP contribution in [-0.4, -0.2) is 28.7 Å². The molecule has 25 heavy (non-hydrogen) atoms. The molecule has 0 spiro atoms. The van der Waals surface area contributed by atoms with Crippen LogP contribution in [0.15, 0.2) is 41.5 Å². The van der Waals surface area contributed by atoms with Crippen molar-refractivity contribution in [2.75, 3.05) is 18.0 Å². The molecule has 132 valence electrons. The molecule has 2 heterocycles. The number of aromatic nitrogens is 2. The van der Waals surface area contributed by atoms with Crippen LogP contribution in [0, 0.1) is 0 Å². The first-order chi connectivity index (χ1) is 12.3. The number of rotatable bonds is 4. The summed E-state index contributed by atoms with van der Waals surface area (Å²) < 4.78 is 1.72. The fraction of sp³-hybridized carbons (Fsp3) is 0.500. The second-order valence-electron chi connectivity index (χ2n) is 7.06. The highest BCUT2D eigenvalue weighted by atomic mass is 16.1. The molecule has 4 rings (SSSR count). The highest BCUT2D eigenvalue weighted by molar-refractivity contribution is 5.37. The lowest BCUT2D eigenvalue weighted by Gasteiger charge is -2.34. The summed E-state index contributed by atoms with van der Waals surface area (Å²) in [7, 11) is 0. The minimum absolute atomic E-state index is 0.0288. The fourth-order valence-corrected chi connectivity index (χ4v) is 4.17. The molecule has 1 N–H and O–H groups in total. The van der Waals surface area contributed by atoms with Crippen LogP contribution < -0.4 is 15.8 Å². The van der Waals surface area contributed by atoms with Gasteiger partial charge in [-0.25, -0.2) is 4.98 Å². The van der Waals surface area contributed by atoms with Crippen molar-refractivity contribution in [2.24, 2.45) is 0 Å². The SMILES string of the molecule is CCn1ccnc(N2CCC(N[C@H]3CCc4ccccc43)CC2)c1=O. The average molecular weight is 338 g/mol. The van der Waals surface area contributed by atoms with E-state index in [0.717, 1.165) is 25.9 Å². The largest absolute Gasteiger partial charge is 0.352 e. The molecule has 0 saturated carbocycles. The van der Waals surface area contributed by atoms with E-state index >= 15 is 0 Å². The summed E-state index contributed by atoms with van der Waals surface area (Å²) in [6.07, 6.45) is 7.98. The Bertz CT molecular complexity index is 792. The first kappa shape index (κ1) is 16.3. The molecule has 1 aromatic heterocycles. The van der Waals surface area contributed by atoms with Crippen LogP contribution in [0.4, 0.5) is 5.82 Å². The lowest BCUT2D eigenvalue weighted by atomic mass is 10.0. The summed E-state index contributed by atoms with van der Waals surface area (Å²) in [4.78, 5) is 18.9. The monoisotopic (exact) mass is 338 g/mol. The van der Waals surface area contributed by atoms with Crippen LogP contribution in [0.1, 0.15) is 43.4 Å². The standard InChI is InChI=1S/C20H26N4O/c1-2-23-14-11-21-19(20(23)25)24-12-9-16(10-13-24)22-18-8-7-15-5-3-4-6-17(15)18/h3-6,11,14,16,18,22H,2,7-10,12-13H2,1H3/t18-/m0/s1. The molecule has 1 aromatic carbocycles. The van der Waals surface area contributed by atoms with Crippen molar-refractivity contribution >= 4 is 5.82 Å². The number of aryl methyl sites for hydroxylation is 2. The zero-order valence-electron chi connectivity index (χ0n) is 14.8. The van der Waals surface area contributed by atoms with Crippen LogP contribution in [0.25, 0.3) is 0 Å². The van der Waals surface area contributed by atoms with E-state index in [1.165, 1.54) is 24.0 Å². The summed E-state index contributed by atoms with van der Waals surface area (Å²) >= 11 is 0. The van der Waals surface area contributed by atoms with Gasteiger partial charge in [0.15, 0.2) is 5.82 Å². The fourth-order valence-electron chi connectivity index (χ4n) is 4.17. The predicted octanol–water partition coefficient (Wildman–Crippen LogP) is 2.51. The molecule has 5 heteroatoms. The summed E-state index contributed by atoms with van der Waals surface area (Å²) in [6, 6.07) is 9.79. The molecular formula is C20H26N4O. The first-order valence-electron chi connectivity index (χ1n) is 9.40. The van der Waals surface area contributed by atoms with Gasteiger partial charge in [0.2, 0.25) is 0 Å². The number of nitrogens with zero attached hydrogens (tertiary/aromatic N) is 3. The summed E-state index contributed by atoms with van der Waals surface area (Å²) in [6.45, 7) is 4.46. The summed E-state index contributed by atoms with van der Waals surface area (Å²) in [5, 5.41) is 3.85. The Morgan fingerprint density at radius 2 is 2.00 bits per heavy atom. The van der Waals surface area contributed by atoms with Crippen LogP contribution >= 0.6 is 0 Å². The third-order valence-electron chi connectivity index (χ3n) is 5.60. The van der Waals surface area contributed by atoms with Gasteiger partial charge in [0.05, 0.1) is 0 Å². The maximum atomic E-state index is 12.4. The van der Waals surface area contributed by atoms with Gasteiger partial charge in [-0.2, -0.15) is 0 Å². The van der Waals surface area contributed by atoms with Crippen molar-refractivity contribution in [1.82, 2.24) is 14.9 Å². The summed E-state index contributed by atoms with van der Waals surface area (Å²) in [5.74, 6) is 0.606. The third-order valence-corrected chi connectivity index (χ3v) is 5.60. The second-order valence-corrected chi connectivity index (χ2v) is 7.06. The van der Waals surface area contributed by atoms with Crippen LogP contribution in [-0.2, 0) is 13.0 Å². The van der Waals surface area contributed by atoms with Gasteiger partial charge in [-0.3, -0.25) is 4.79 Å². The van der Waals surface area contributed by atoms with Crippen molar-refractivity contribution in [1.29, 1.82) is 0 Å². The van der Waals surface area contributed by atoms with E-state index in [1.807, 2.05) is 6.92 Å². The Kier molecular flexibility index (Phi) is 4.57. The molecule has 2 aliphatic rings. The van der Waals surface area contributed by atoms with E-state index in [-0.39, 0.29) is 5.56 Å². The zero-order chi connectivity index (χ0) is 17.2. The molecule has 1 atom stereocenters. The number of nitrogens with one attached hydrogen (secondary N) is 1. The van der Waals surface area contributed by atoms with E-state index in [4.69, 9.17) is 0 Å². The Balaban J connectivity index is 1.39. The molecule has 0 bridgehead atoms. The number of hydrogen-bond donors (Lipinski definition) is 1. The molecule has 1 aliphatic heterocycles. The summed E-state index contributed by atoms with van der Waals surface area (Å²) in [5.41, 5.74) is 2.99.